The third-order valence-electron chi connectivity index (χ3n) is 5.33. The van der Waals surface area contributed by atoms with Gasteiger partial charge in [-0.15, -0.1) is 0 Å². The summed E-state index contributed by atoms with van der Waals surface area (Å²) in [6.45, 7) is 1.04. The summed E-state index contributed by atoms with van der Waals surface area (Å²) >= 11 is 0. The Morgan fingerprint density at radius 3 is 2.88 bits per heavy atom. The molecule has 1 aliphatic heterocycles. The van der Waals surface area contributed by atoms with Gasteiger partial charge in [-0.1, -0.05) is 6.07 Å². The molecule has 1 saturated heterocycles. The number of ether oxygens (including phenoxy) is 1. The van der Waals surface area contributed by atoms with Crippen LogP contribution in [0.1, 0.15) is 49.1 Å². The average Bonchev–Trinajstić information content (AvgIpc) is 2.61. The molecule has 0 unspecified atom stereocenters. The fourth-order valence-electron chi connectivity index (χ4n) is 3.98. The second kappa shape index (κ2) is 7.24. The Labute approximate surface area is 142 Å². The Morgan fingerprint density at radius 1 is 1.29 bits per heavy atom. The number of hydrogen-bond acceptors (Lipinski definition) is 3. The molecule has 0 radical (unpaired) electrons. The molecule has 1 N–H and O–H groups in total. The second-order valence-electron chi connectivity index (χ2n) is 6.88. The van der Waals surface area contributed by atoms with Crippen molar-refractivity contribution >= 4 is 11.9 Å². The highest BCUT2D eigenvalue weighted by Gasteiger charge is 2.30. The highest BCUT2D eigenvalue weighted by atomic mass is 16.5. The number of piperidine rings is 1. The van der Waals surface area contributed by atoms with Crippen molar-refractivity contribution in [1.29, 1.82) is 0 Å². The number of likely N-dealkylation sites (tertiary alicyclic amines) is 1. The molecule has 0 spiro atoms. The summed E-state index contributed by atoms with van der Waals surface area (Å²) in [7, 11) is 1.67. The lowest BCUT2D eigenvalue weighted by Gasteiger charge is -2.33. The van der Waals surface area contributed by atoms with Crippen LogP contribution in [0.3, 0.4) is 0 Å². The van der Waals surface area contributed by atoms with Gasteiger partial charge in [-0.05, 0) is 61.3 Å². The zero-order chi connectivity index (χ0) is 17.1. The van der Waals surface area contributed by atoms with Crippen LogP contribution in [0.15, 0.2) is 18.2 Å². The molecule has 24 heavy (non-hydrogen) atoms. The number of amides is 1. The Hall–Kier alpha value is -2.04. The van der Waals surface area contributed by atoms with E-state index >= 15 is 0 Å². The van der Waals surface area contributed by atoms with Gasteiger partial charge in [0.15, 0.2) is 0 Å². The molecule has 2 atom stereocenters. The van der Waals surface area contributed by atoms with Crippen molar-refractivity contribution in [3.8, 4) is 5.75 Å². The summed E-state index contributed by atoms with van der Waals surface area (Å²) < 4.78 is 5.30. The number of benzene rings is 1. The molecular formula is C19H25NO4. The van der Waals surface area contributed by atoms with Crippen molar-refractivity contribution in [3.05, 3.63) is 29.3 Å². The lowest BCUT2D eigenvalue weighted by molar-refractivity contribution is -0.145. The first kappa shape index (κ1) is 16.8. The van der Waals surface area contributed by atoms with E-state index in [1.165, 1.54) is 11.1 Å². The van der Waals surface area contributed by atoms with Gasteiger partial charge < -0.3 is 14.7 Å². The fourth-order valence-corrected chi connectivity index (χ4v) is 3.98. The van der Waals surface area contributed by atoms with Crippen molar-refractivity contribution in [1.82, 2.24) is 4.90 Å². The van der Waals surface area contributed by atoms with Crippen LogP contribution in [0.25, 0.3) is 0 Å². The number of carbonyl (C=O) groups is 2. The zero-order valence-corrected chi connectivity index (χ0v) is 14.2. The van der Waals surface area contributed by atoms with Crippen molar-refractivity contribution in [3.63, 3.8) is 0 Å². The van der Waals surface area contributed by atoms with Crippen LogP contribution in [-0.4, -0.2) is 42.1 Å². The molecule has 1 heterocycles. The molecule has 1 aromatic carbocycles. The third-order valence-corrected chi connectivity index (χ3v) is 5.33. The maximum atomic E-state index is 12.7. The van der Waals surface area contributed by atoms with E-state index < -0.39 is 11.9 Å². The van der Waals surface area contributed by atoms with E-state index in [1.54, 1.807) is 12.0 Å². The molecule has 1 aromatic rings. The standard InChI is InChI=1S/C19H25NO4/c1-24-16-7-8-17-13(10-16)4-2-5-14(17)11-18(21)20-9-3-6-15(12-20)19(22)23/h7-8,10,14-15H,2-6,9,11-12H2,1H3,(H,22,23)/t14-,15+/m1/s1. The van der Waals surface area contributed by atoms with Crippen molar-refractivity contribution in [2.45, 2.75) is 44.4 Å². The predicted molar refractivity (Wildman–Crippen MR) is 90.2 cm³/mol. The van der Waals surface area contributed by atoms with Crippen molar-refractivity contribution in [2.75, 3.05) is 20.2 Å². The van der Waals surface area contributed by atoms with Crippen LogP contribution in [0.4, 0.5) is 0 Å². The summed E-state index contributed by atoms with van der Waals surface area (Å²) in [6, 6.07) is 6.12. The number of aryl methyl sites for hydroxylation is 1. The summed E-state index contributed by atoms with van der Waals surface area (Å²) in [4.78, 5) is 25.6. The molecule has 0 bridgehead atoms. The lowest BCUT2D eigenvalue weighted by Crippen LogP contribution is -2.42. The normalized spacial score (nSPS) is 23.5. The van der Waals surface area contributed by atoms with Gasteiger partial charge in [-0.25, -0.2) is 0 Å². The first-order chi connectivity index (χ1) is 11.6. The molecule has 1 aliphatic carbocycles. The number of carboxylic acids is 1. The quantitative estimate of drug-likeness (QED) is 0.921. The molecule has 0 aromatic heterocycles. The van der Waals surface area contributed by atoms with E-state index in [0.717, 1.165) is 31.4 Å². The first-order valence-electron chi connectivity index (χ1n) is 8.76. The maximum absolute atomic E-state index is 12.7. The van der Waals surface area contributed by atoms with E-state index in [1.807, 2.05) is 6.07 Å². The number of methoxy groups -OCH3 is 1. The number of hydrogen-bond donors (Lipinski definition) is 1. The average molecular weight is 331 g/mol. The first-order valence-corrected chi connectivity index (χ1v) is 8.76. The molecule has 2 aliphatic rings. The van der Waals surface area contributed by atoms with Gasteiger partial charge in [-0.3, -0.25) is 9.59 Å². The molecule has 5 heteroatoms. The highest BCUT2D eigenvalue weighted by molar-refractivity contribution is 5.79. The number of carbonyl (C=O) groups excluding carboxylic acids is 1. The second-order valence-corrected chi connectivity index (χ2v) is 6.88. The summed E-state index contributed by atoms with van der Waals surface area (Å²) in [6.07, 6.45) is 5.05. The Balaban J connectivity index is 1.68. The van der Waals surface area contributed by atoms with Gasteiger partial charge in [0.05, 0.1) is 13.0 Å². The van der Waals surface area contributed by atoms with E-state index in [0.29, 0.717) is 25.9 Å². The van der Waals surface area contributed by atoms with Crippen LogP contribution in [0, 0.1) is 5.92 Å². The fraction of sp³-hybridized carbons (Fsp3) is 0.579. The smallest absolute Gasteiger partial charge is 0.308 e. The zero-order valence-electron chi connectivity index (χ0n) is 14.2. The van der Waals surface area contributed by atoms with E-state index in [4.69, 9.17) is 4.74 Å². The van der Waals surface area contributed by atoms with Crippen LogP contribution in [0.2, 0.25) is 0 Å². The van der Waals surface area contributed by atoms with E-state index in [-0.39, 0.29) is 11.8 Å². The van der Waals surface area contributed by atoms with Crippen molar-refractivity contribution < 1.29 is 19.4 Å². The van der Waals surface area contributed by atoms with Crippen LogP contribution in [-0.2, 0) is 16.0 Å². The largest absolute Gasteiger partial charge is 0.497 e. The number of fused-ring (bicyclic) bond motifs is 1. The number of aliphatic carboxylic acids is 1. The molecule has 0 saturated carbocycles. The predicted octanol–water partition coefficient (Wildman–Crippen LogP) is 2.83. The number of carboxylic acid groups (broad SMARTS) is 1. The van der Waals surface area contributed by atoms with Crippen LogP contribution < -0.4 is 4.74 Å². The number of rotatable bonds is 4. The van der Waals surface area contributed by atoms with Crippen LogP contribution >= 0.6 is 0 Å². The van der Waals surface area contributed by atoms with Gasteiger partial charge >= 0.3 is 5.97 Å². The van der Waals surface area contributed by atoms with Gasteiger partial charge in [-0.2, -0.15) is 0 Å². The van der Waals surface area contributed by atoms with Gasteiger partial charge in [0.25, 0.3) is 0 Å². The summed E-state index contributed by atoms with van der Waals surface area (Å²) in [5.74, 6) is -0.0127. The van der Waals surface area contributed by atoms with Crippen LogP contribution in [0.5, 0.6) is 5.75 Å². The third kappa shape index (κ3) is 3.55. The minimum Gasteiger partial charge on any atom is -0.497 e. The SMILES string of the molecule is COc1ccc2c(c1)CCC[C@@H]2CC(=O)N1CCC[C@H](C(=O)O)C1. The monoisotopic (exact) mass is 331 g/mol. The molecule has 1 fully saturated rings. The number of nitrogens with zero attached hydrogens (tertiary/aromatic N) is 1. The maximum Gasteiger partial charge on any atom is 0.308 e. The Morgan fingerprint density at radius 2 is 2.12 bits per heavy atom. The van der Waals surface area contributed by atoms with Gasteiger partial charge in [0.2, 0.25) is 5.91 Å². The molecular weight excluding hydrogens is 306 g/mol. The Bertz CT molecular complexity index is 628. The summed E-state index contributed by atoms with van der Waals surface area (Å²) in [5.41, 5.74) is 2.53. The van der Waals surface area contributed by atoms with E-state index in [2.05, 4.69) is 12.1 Å². The molecule has 5 nitrogen and oxygen atoms in total. The molecule has 1 amide bonds. The van der Waals surface area contributed by atoms with Gasteiger partial charge in [0.1, 0.15) is 5.75 Å². The van der Waals surface area contributed by atoms with E-state index in [9.17, 15) is 14.7 Å². The summed E-state index contributed by atoms with van der Waals surface area (Å²) in [5, 5.41) is 9.19. The minimum atomic E-state index is -0.789. The molecule has 3 rings (SSSR count). The minimum absolute atomic E-state index is 0.0922. The lowest BCUT2D eigenvalue weighted by atomic mass is 9.80. The molecule has 130 valence electrons. The van der Waals surface area contributed by atoms with Gasteiger partial charge in [0, 0.05) is 19.5 Å². The topological polar surface area (TPSA) is 66.8 Å². The highest BCUT2D eigenvalue weighted by Crippen LogP contribution is 2.36. The Kier molecular flexibility index (Phi) is 5.07. The van der Waals surface area contributed by atoms with Crippen molar-refractivity contribution in [2.24, 2.45) is 5.92 Å².